The molecule has 3 rings (SSSR count). The third kappa shape index (κ3) is 7.06. The maximum atomic E-state index is 13.3. The molecule has 0 unspecified atom stereocenters. The number of benzene rings is 2. The van der Waals surface area contributed by atoms with Crippen LogP contribution in [0.15, 0.2) is 66.2 Å². The largest absolute Gasteiger partial charge is 0.354 e. The molecule has 2 aromatic rings. The minimum Gasteiger partial charge on any atom is -0.354 e. The molecule has 0 aliphatic heterocycles. The van der Waals surface area contributed by atoms with Gasteiger partial charge in [0.15, 0.2) is 0 Å². The summed E-state index contributed by atoms with van der Waals surface area (Å²) in [7, 11) is 0. The van der Waals surface area contributed by atoms with E-state index in [0.29, 0.717) is 6.54 Å². The van der Waals surface area contributed by atoms with E-state index in [4.69, 9.17) is 0 Å². The van der Waals surface area contributed by atoms with Crippen molar-refractivity contribution in [2.75, 3.05) is 6.54 Å². The molecule has 4 nitrogen and oxygen atoms in total. The zero-order valence-electron chi connectivity index (χ0n) is 18.1. The molecule has 0 saturated carbocycles. The van der Waals surface area contributed by atoms with Gasteiger partial charge in [-0.1, -0.05) is 54.1 Å². The number of allylic oxidation sites excluding steroid dienone is 1. The summed E-state index contributed by atoms with van der Waals surface area (Å²) in [5, 5.41) is 2.99. The SMILES string of the molecule is C[C@H](C(=O)NCCC1=CCCCC1)N(Cc1ccc(F)cc1)C(=O)Cc1ccccc1. The Morgan fingerprint density at radius 3 is 2.45 bits per heavy atom. The Morgan fingerprint density at radius 1 is 1.03 bits per heavy atom. The van der Waals surface area contributed by atoms with Gasteiger partial charge in [0.2, 0.25) is 11.8 Å². The van der Waals surface area contributed by atoms with Crippen LogP contribution in [0.4, 0.5) is 4.39 Å². The maximum Gasteiger partial charge on any atom is 0.242 e. The second-order valence-corrected chi connectivity index (χ2v) is 8.14. The molecule has 164 valence electrons. The lowest BCUT2D eigenvalue weighted by Crippen LogP contribution is -2.48. The highest BCUT2D eigenvalue weighted by atomic mass is 19.1. The molecule has 0 radical (unpaired) electrons. The minimum atomic E-state index is -0.624. The summed E-state index contributed by atoms with van der Waals surface area (Å²) in [6, 6.07) is 14.9. The summed E-state index contributed by atoms with van der Waals surface area (Å²) in [5.74, 6) is -0.623. The quantitative estimate of drug-likeness (QED) is 0.591. The van der Waals surface area contributed by atoms with Gasteiger partial charge >= 0.3 is 0 Å². The van der Waals surface area contributed by atoms with Crippen LogP contribution in [0.2, 0.25) is 0 Å². The van der Waals surface area contributed by atoms with Crippen molar-refractivity contribution < 1.29 is 14.0 Å². The van der Waals surface area contributed by atoms with Gasteiger partial charge in [0.25, 0.3) is 0 Å². The maximum absolute atomic E-state index is 13.3. The number of nitrogens with one attached hydrogen (secondary N) is 1. The number of halogens is 1. The predicted octanol–water partition coefficient (Wildman–Crippen LogP) is 4.79. The first kappa shape index (κ1) is 22.7. The normalized spacial score (nSPS) is 14.5. The van der Waals surface area contributed by atoms with Crippen LogP contribution in [-0.4, -0.2) is 29.3 Å². The molecule has 1 N–H and O–H groups in total. The molecule has 5 heteroatoms. The third-order valence-corrected chi connectivity index (χ3v) is 5.76. The summed E-state index contributed by atoms with van der Waals surface area (Å²) >= 11 is 0. The molecule has 2 amide bonds. The van der Waals surface area contributed by atoms with Crippen molar-refractivity contribution in [2.24, 2.45) is 0 Å². The highest BCUT2D eigenvalue weighted by molar-refractivity contribution is 5.88. The summed E-state index contributed by atoms with van der Waals surface area (Å²) in [6.45, 7) is 2.58. The fourth-order valence-corrected chi connectivity index (χ4v) is 3.87. The Bertz CT molecular complexity index is 893. The fourth-order valence-electron chi connectivity index (χ4n) is 3.87. The molecular formula is C26H31FN2O2. The van der Waals surface area contributed by atoms with E-state index in [1.807, 2.05) is 30.3 Å². The molecule has 0 fully saturated rings. The molecule has 0 spiro atoms. The third-order valence-electron chi connectivity index (χ3n) is 5.76. The molecule has 0 aromatic heterocycles. The van der Waals surface area contributed by atoms with Crippen LogP contribution in [0.1, 0.15) is 50.2 Å². The van der Waals surface area contributed by atoms with Gasteiger partial charge in [0.1, 0.15) is 11.9 Å². The summed E-state index contributed by atoms with van der Waals surface area (Å²) < 4.78 is 13.3. The average molecular weight is 423 g/mol. The first-order chi connectivity index (χ1) is 15.0. The molecule has 0 heterocycles. The Morgan fingerprint density at radius 2 is 1.77 bits per heavy atom. The van der Waals surface area contributed by atoms with E-state index < -0.39 is 6.04 Å². The van der Waals surface area contributed by atoms with E-state index in [2.05, 4.69) is 11.4 Å². The number of rotatable bonds is 9. The molecular weight excluding hydrogens is 391 g/mol. The Balaban J connectivity index is 1.65. The van der Waals surface area contributed by atoms with Crippen molar-refractivity contribution in [3.63, 3.8) is 0 Å². The van der Waals surface area contributed by atoms with Crippen molar-refractivity contribution in [1.29, 1.82) is 0 Å². The van der Waals surface area contributed by atoms with Crippen molar-refractivity contribution in [3.8, 4) is 0 Å². The molecule has 31 heavy (non-hydrogen) atoms. The smallest absolute Gasteiger partial charge is 0.242 e. The first-order valence-electron chi connectivity index (χ1n) is 11.1. The monoisotopic (exact) mass is 422 g/mol. The lowest BCUT2D eigenvalue weighted by Gasteiger charge is -2.29. The second kappa shape index (κ2) is 11.4. The molecule has 0 saturated heterocycles. The van der Waals surface area contributed by atoms with E-state index in [9.17, 15) is 14.0 Å². The summed E-state index contributed by atoms with van der Waals surface area (Å²) in [5.41, 5.74) is 3.09. The van der Waals surface area contributed by atoms with Crippen LogP contribution in [0.3, 0.4) is 0 Å². The second-order valence-electron chi connectivity index (χ2n) is 8.14. The zero-order chi connectivity index (χ0) is 22.1. The minimum absolute atomic E-state index is 0.131. The van der Waals surface area contributed by atoms with Crippen LogP contribution >= 0.6 is 0 Å². The van der Waals surface area contributed by atoms with Gasteiger partial charge in [-0.2, -0.15) is 0 Å². The van der Waals surface area contributed by atoms with Gasteiger partial charge in [-0.05, 0) is 62.3 Å². The highest BCUT2D eigenvalue weighted by Crippen LogP contribution is 2.19. The Hall–Kier alpha value is -2.95. The molecule has 1 aliphatic rings. The van der Waals surface area contributed by atoms with Gasteiger partial charge in [0, 0.05) is 13.1 Å². The van der Waals surface area contributed by atoms with Crippen molar-refractivity contribution >= 4 is 11.8 Å². The van der Waals surface area contributed by atoms with Crippen molar-refractivity contribution in [1.82, 2.24) is 10.2 Å². The van der Waals surface area contributed by atoms with E-state index in [0.717, 1.165) is 30.4 Å². The molecule has 2 aromatic carbocycles. The van der Waals surface area contributed by atoms with E-state index in [1.165, 1.54) is 30.5 Å². The number of amides is 2. The standard InChI is InChI=1S/C26H31FN2O2/c1-20(26(31)28-17-16-21-8-4-2-5-9-21)29(19-23-12-14-24(27)15-13-23)25(30)18-22-10-6-3-7-11-22/h3,6-8,10-15,20H,2,4-5,9,16-19H2,1H3,(H,28,31)/t20-/m1/s1. The number of hydrogen-bond acceptors (Lipinski definition) is 2. The predicted molar refractivity (Wildman–Crippen MR) is 121 cm³/mol. The number of hydrogen-bond donors (Lipinski definition) is 1. The Labute approximate surface area is 184 Å². The lowest BCUT2D eigenvalue weighted by molar-refractivity contribution is -0.140. The van der Waals surface area contributed by atoms with Gasteiger partial charge in [0.05, 0.1) is 6.42 Å². The summed E-state index contributed by atoms with van der Waals surface area (Å²) in [6.07, 6.45) is 8.05. The first-order valence-corrected chi connectivity index (χ1v) is 11.1. The number of carbonyl (C=O) groups is 2. The van der Waals surface area contributed by atoms with Crippen molar-refractivity contribution in [3.05, 3.63) is 83.2 Å². The molecule has 0 bridgehead atoms. The van der Waals surface area contributed by atoms with Gasteiger partial charge < -0.3 is 10.2 Å². The molecule has 1 aliphatic carbocycles. The number of nitrogens with zero attached hydrogens (tertiary/aromatic N) is 1. The van der Waals surface area contributed by atoms with Crippen LogP contribution in [0, 0.1) is 5.82 Å². The van der Waals surface area contributed by atoms with E-state index in [-0.39, 0.29) is 30.6 Å². The fraction of sp³-hybridized carbons (Fsp3) is 0.385. The van der Waals surface area contributed by atoms with Crippen LogP contribution in [0.25, 0.3) is 0 Å². The average Bonchev–Trinajstić information content (AvgIpc) is 2.79. The molecule has 1 atom stereocenters. The Kier molecular flexibility index (Phi) is 8.39. The van der Waals surface area contributed by atoms with E-state index in [1.54, 1.807) is 24.0 Å². The zero-order valence-corrected chi connectivity index (χ0v) is 18.1. The summed E-state index contributed by atoms with van der Waals surface area (Å²) in [4.78, 5) is 27.5. The lowest BCUT2D eigenvalue weighted by atomic mass is 9.97. The topological polar surface area (TPSA) is 49.4 Å². The number of carbonyl (C=O) groups excluding carboxylic acids is 2. The van der Waals surface area contributed by atoms with Gasteiger partial charge in [-0.25, -0.2) is 4.39 Å². The van der Waals surface area contributed by atoms with Crippen LogP contribution in [0.5, 0.6) is 0 Å². The van der Waals surface area contributed by atoms with E-state index >= 15 is 0 Å². The van der Waals surface area contributed by atoms with Crippen LogP contribution in [-0.2, 0) is 22.6 Å². The van der Waals surface area contributed by atoms with Gasteiger partial charge in [-0.3, -0.25) is 9.59 Å². The van der Waals surface area contributed by atoms with Crippen LogP contribution < -0.4 is 5.32 Å². The van der Waals surface area contributed by atoms with Gasteiger partial charge in [-0.15, -0.1) is 0 Å². The highest BCUT2D eigenvalue weighted by Gasteiger charge is 2.26. The van der Waals surface area contributed by atoms with Crippen molar-refractivity contribution in [2.45, 2.75) is 58.0 Å².